The lowest BCUT2D eigenvalue weighted by molar-refractivity contribution is 0.182. The summed E-state index contributed by atoms with van der Waals surface area (Å²) in [4.78, 5) is 11.5. The summed E-state index contributed by atoms with van der Waals surface area (Å²) < 4.78 is 0. The van der Waals surface area contributed by atoms with Gasteiger partial charge in [-0.15, -0.1) is 11.3 Å². The van der Waals surface area contributed by atoms with Gasteiger partial charge in [-0.1, -0.05) is 20.8 Å². The molecular formula is C18H33N5S. The second-order valence-corrected chi connectivity index (χ2v) is 8.02. The molecule has 136 valence electrons. The smallest absolute Gasteiger partial charge is 0.191 e. The van der Waals surface area contributed by atoms with Gasteiger partial charge in [0, 0.05) is 25.5 Å². The molecule has 1 saturated heterocycles. The minimum absolute atomic E-state index is 0.491. The van der Waals surface area contributed by atoms with Gasteiger partial charge in [0.2, 0.25) is 0 Å². The Kier molecular flexibility index (Phi) is 7.99. The van der Waals surface area contributed by atoms with E-state index in [1.165, 1.54) is 38.2 Å². The number of hydrogen-bond acceptors (Lipinski definition) is 4. The number of rotatable bonds is 7. The van der Waals surface area contributed by atoms with Crippen LogP contribution >= 0.6 is 11.3 Å². The molecule has 0 bridgehead atoms. The van der Waals surface area contributed by atoms with Crippen molar-refractivity contribution in [3.63, 3.8) is 0 Å². The standard InChI is InChI=1S/C18H33N5S/c1-14(2)16-13-24-17(22-16)11-21-18(19-4)20-8-6-10-23-9-5-7-15(3)12-23/h13-15H,5-12H2,1-4H3,(H2,19,20,21). The van der Waals surface area contributed by atoms with Gasteiger partial charge in [0.05, 0.1) is 12.2 Å². The largest absolute Gasteiger partial charge is 0.356 e. The molecule has 2 N–H and O–H groups in total. The maximum atomic E-state index is 4.65. The molecule has 1 aliphatic heterocycles. The van der Waals surface area contributed by atoms with Gasteiger partial charge in [-0.05, 0) is 44.2 Å². The van der Waals surface area contributed by atoms with Gasteiger partial charge in [-0.2, -0.15) is 0 Å². The van der Waals surface area contributed by atoms with Crippen molar-refractivity contribution in [3.8, 4) is 0 Å². The van der Waals surface area contributed by atoms with Crippen LogP contribution in [0.2, 0.25) is 0 Å². The number of nitrogens with one attached hydrogen (secondary N) is 2. The van der Waals surface area contributed by atoms with E-state index in [4.69, 9.17) is 0 Å². The maximum absolute atomic E-state index is 4.65. The molecule has 0 spiro atoms. The lowest BCUT2D eigenvalue weighted by Gasteiger charge is -2.30. The first-order valence-electron chi connectivity index (χ1n) is 9.19. The van der Waals surface area contributed by atoms with E-state index in [0.29, 0.717) is 5.92 Å². The van der Waals surface area contributed by atoms with E-state index < -0.39 is 0 Å². The van der Waals surface area contributed by atoms with E-state index in [1.54, 1.807) is 11.3 Å². The topological polar surface area (TPSA) is 52.6 Å². The monoisotopic (exact) mass is 351 g/mol. The van der Waals surface area contributed by atoms with Crippen LogP contribution < -0.4 is 10.6 Å². The molecule has 0 amide bonds. The summed E-state index contributed by atoms with van der Waals surface area (Å²) in [6, 6.07) is 0. The van der Waals surface area contributed by atoms with Crippen LogP contribution in [-0.4, -0.2) is 49.1 Å². The van der Waals surface area contributed by atoms with Gasteiger partial charge in [0.15, 0.2) is 5.96 Å². The molecule has 0 radical (unpaired) electrons. The van der Waals surface area contributed by atoms with Crippen LogP contribution in [0.25, 0.3) is 0 Å². The molecule has 0 saturated carbocycles. The Balaban J connectivity index is 1.63. The van der Waals surface area contributed by atoms with Crippen molar-refractivity contribution in [2.45, 2.75) is 52.5 Å². The minimum Gasteiger partial charge on any atom is -0.356 e. The Hall–Kier alpha value is -1.14. The van der Waals surface area contributed by atoms with E-state index in [9.17, 15) is 0 Å². The Morgan fingerprint density at radius 2 is 2.29 bits per heavy atom. The molecule has 6 heteroatoms. The summed E-state index contributed by atoms with van der Waals surface area (Å²) in [5.74, 6) is 2.21. The first kappa shape index (κ1) is 19.2. The summed E-state index contributed by atoms with van der Waals surface area (Å²) in [5.41, 5.74) is 1.18. The van der Waals surface area contributed by atoms with Crippen molar-refractivity contribution in [2.24, 2.45) is 10.9 Å². The molecule has 1 fully saturated rings. The fourth-order valence-electron chi connectivity index (χ4n) is 3.05. The van der Waals surface area contributed by atoms with Crippen LogP contribution in [-0.2, 0) is 6.54 Å². The highest BCUT2D eigenvalue weighted by molar-refractivity contribution is 7.09. The quantitative estimate of drug-likeness (QED) is 0.450. The number of piperidine rings is 1. The lowest BCUT2D eigenvalue weighted by atomic mass is 10.0. The normalized spacial score (nSPS) is 19.7. The number of guanidine groups is 1. The first-order chi connectivity index (χ1) is 11.6. The SMILES string of the molecule is CN=C(NCCCN1CCCC(C)C1)NCc1nc(C(C)C)cs1. The summed E-state index contributed by atoms with van der Waals surface area (Å²) in [7, 11) is 1.82. The van der Waals surface area contributed by atoms with Gasteiger partial charge >= 0.3 is 0 Å². The zero-order valence-corrected chi connectivity index (χ0v) is 16.5. The molecule has 5 nitrogen and oxygen atoms in total. The molecule has 1 aromatic heterocycles. The molecule has 0 aliphatic carbocycles. The summed E-state index contributed by atoms with van der Waals surface area (Å²) >= 11 is 1.71. The fourth-order valence-corrected chi connectivity index (χ4v) is 3.95. The predicted molar refractivity (Wildman–Crippen MR) is 104 cm³/mol. The van der Waals surface area contributed by atoms with Crippen LogP contribution in [0.3, 0.4) is 0 Å². The third-order valence-corrected chi connectivity index (χ3v) is 5.34. The fraction of sp³-hybridized carbons (Fsp3) is 0.778. The second-order valence-electron chi connectivity index (χ2n) is 7.07. The van der Waals surface area contributed by atoms with E-state index in [0.717, 1.165) is 36.4 Å². The van der Waals surface area contributed by atoms with E-state index in [-0.39, 0.29) is 0 Å². The molecule has 2 heterocycles. The van der Waals surface area contributed by atoms with Gasteiger partial charge in [0.1, 0.15) is 5.01 Å². The van der Waals surface area contributed by atoms with Crippen LogP contribution in [0.1, 0.15) is 56.7 Å². The highest BCUT2D eigenvalue weighted by atomic mass is 32.1. The molecule has 1 aliphatic rings. The number of aromatic nitrogens is 1. The predicted octanol–water partition coefficient (Wildman–Crippen LogP) is 3.05. The highest BCUT2D eigenvalue weighted by Crippen LogP contribution is 2.17. The number of hydrogen-bond donors (Lipinski definition) is 2. The Morgan fingerprint density at radius 3 is 2.96 bits per heavy atom. The first-order valence-corrected chi connectivity index (χ1v) is 10.1. The van der Waals surface area contributed by atoms with Crippen LogP contribution in [0.15, 0.2) is 10.4 Å². The van der Waals surface area contributed by atoms with Crippen molar-refractivity contribution in [2.75, 3.05) is 33.2 Å². The molecule has 0 aromatic carbocycles. The molecule has 1 unspecified atom stereocenters. The van der Waals surface area contributed by atoms with Crippen molar-refractivity contribution >= 4 is 17.3 Å². The molecule has 1 atom stereocenters. The third kappa shape index (κ3) is 6.40. The van der Waals surface area contributed by atoms with Crippen LogP contribution in [0.5, 0.6) is 0 Å². The number of likely N-dealkylation sites (tertiary alicyclic amines) is 1. The molecule has 2 rings (SSSR count). The van der Waals surface area contributed by atoms with Crippen LogP contribution in [0, 0.1) is 5.92 Å². The Morgan fingerprint density at radius 1 is 1.46 bits per heavy atom. The van der Waals surface area contributed by atoms with Gasteiger partial charge in [-0.3, -0.25) is 4.99 Å². The highest BCUT2D eigenvalue weighted by Gasteiger charge is 2.15. The van der Waals surface area contributed by atoms with Gasteiger partial charge in [-0.25, -0.2) is 4.98 Å². The third-order valence-electron chi connectivity index (χ3n) is 4.48. The second kappa shape index (κ2) is 9.99. The van der Waals surface area contributed by atoms with E-state index in [2.05, 4.69) is 51.7 Å². The molecular weight excluding hydrogens is 318 g/mol. The maximum Gasteiger partial charge on any atom is 0.191 e. The summed E-state index contributed by atoms with van der Waals surface area (Å²) in [6.45, 7) is 12.1. The number of aliphatic imine (C=N–C) groups is 1. The zero-order chi connectivity index (χ0) is 17.4. The Bertz CT molecular complexity index is 511. The van der Waals surface area contributed by atoms with Crippen molar-refractivity contribution in [1.29, 1.82) is 0 Å². The van der Waals surface area contributed by atoms with Crippen LogP contribution in [0.4, 0.5) is 0 Å². The summed E-state index contributed by atoms with van der Waals surface area (Å²) in [5, 5.41) is 10.0. The number of nitrogens with zero attached hydrogens (tertiary/aromatic N) is 3. The zero-order valence-electron chi connectivity index (χ0n) is 15.6. The Labute approximate surface area is 151 Å². The minimum atomic E-state index is 0.491. The molecule has 1 aromatic rings. The van der Waals surface area contributed by atoms with Crippen molar-refractivity contribution in [1.82, 2.24) is 20.5 Å². The van der Waals surface area contributed by atoms with E-state index >= 15 is 0 Å². The van der Waals surface area contributed by atoms with Crippen molar-refractivity contribution < 1.29 is 0 Å². The average Bonchev–Trinajstić information content (AvgIpc) is 3.03. The summed E-state index contributed by atoms with van der Waals surface area (Å²) in [6.07, 6.45) is 3.90. The van der Waals surface area contributed by atoms with Crippen molar-refractivity contribution in [3.05, 3.63) is 16.1 Å². The number of thiazole rings is 1. The van der Waals surface area contributed by atoms with Gasteiger partial charge in [0.25, 0.3) is 0 Å². The average molecular weight is 352 g/mol. The van der Waals surface area contributed by atoms with Gasteiger partial charge < -0.3 is 15.5 Å². The van der Waals surface area contributed by atoms with E-state index in [1.807, 2.05) is 7.05 Å². The molecule has 24 heavy (non-hydrogen) atoms. The lowest BCUT2D eigenvalue weighted by Crippen LogP contribution is -2.39.